The molecule has 0 bridgehead atoms. The summed E-state index contributed by atoms with van der Waals surface area (Å²) in [6.07, 6.45) is 0. The van der Waals surface area contributed by atoms with Crippen molar-refractivity contribution in [2.24, 2.45) is 5.73 Å². The average molecular weight is 313 g/mol. The van der Waals surface area contributed by atoms with Gasteiger partial charge >= 0.3 is 5.97 Å². The number of carbonyl (C=O) groups is 1. The third-order valence-corrected chi connectivity index (χ3v) is 3.29. The van der Waals surface area contributed by atoms with Crippen LogP contribution >= 0.6 is 12.2 Å². The number of hydrogen-bond acceptors (Lipinski definition) is 5. The Balaban J connectivity index is 2.23. The highest BCUT2D eigenvalue weighted by atomic mass is 32.1. The Kier molecular flexibility index (Phi) is 3.60. The van der Waals surface area contributed by atoms with Gasteiger partial charge in [0.1, 0.15) is 22.8 Å². The molecular weight excluding hydrogens is 302 g/mol. The highest BCUT2D eigenvalue weighted by molar-refractivity contribution is 7.80. The monoisotopic (exact) mass is 313 g/mol. The number of para-hydroxylation sites is 1. The minimum absolute atomic E-state index is 0.0612. The Hall–Kier alpha value is -2.73. The first-order valence-corrected chi connectivity index (χ1v) is 6.89. The molecule has 5 nitrogen and oxygen atoms in total. The van der Waals surface area contributed by atoms with Gasteiger partial charge in [0.2, 0.25) is 5.43 Å². The molecule has 0 saturated heterocycles. The van der Waals surface area contributed by atoms with Crippen molar-refractivity contribution in [3.05, 3.63) is 58.3 Å². The summed E-state index contributed by atoms with van der Waals surface area (Å²) in [4.78, 5) is 24.8. The first kappa shape index (κ1) is 14.2. The van der Waals surface area contributed by atoms with Gasteiger partial charge in [0.15, 0.2) is 0 Å². The zero-order chi connectivity index (χ0) is 15.7. The zero-order valence-corrected chi connectivity index (χ0v) is 12.2. The lowest BCUT2D eigenvalue weighted by molar-refractivity contribution is 0.0566. The molecule has 110 valence electrons. The second-order valence-electron chi connectivity index (χ2n) is 4.65. The second-order valence-corrected chi connectivity index (χ2v) is 5.17. The Morgan fingerprint density at radius 1 is 1.14 bits per heavy atom. The summed E-state index contributed by atoms with van der Waals surface area (Å²) in [5, 5.41) is 0.596. The van der Waals surface area contributed by atoms with Gasteiger partial charge in [-0.15, -0.1) is 0 Å². The number of ether oxygens (including phenoxy) is 1. The van der Waals surface area contributed by atoms with Crippen LogP contribution in [0.1, 0.15) is 10.4 Å². The normalized spacial score (nSPS) is 10.7. The molecule has 2 N–H and O–H groups in total. The van der Waals surface area contributed by atoms with Crippen LogP contribution in [0.5, 0.6) is 0 Å². The number of thiocarbonyl (C=S) groups is 1. The van der Waals surface area contributed by atoms with Crippen molar-refractivity contribution in [2.75, 3.05) is 6.61 Å². The Morgan fingerprint density at radius 3 is 2.64 bits per heavy atom. The molecule has 0 spiro atoms. The predicted octanol–water partition coefficient (Wildman–Crippen LogP) is 2.39. The second kappa shape index (κ2) is 5.57. The lowest BCUT2D eigenvalue weighted by Crippen LogP contribution is -2.20. The molecule has 6 heteroatoms. The van der Waals surface area contributed by atoms with E-state index in [0.717, 1.165) is 0 Å². The summed E-state index contributed by atoms with van der Waals surface area (Å²) < 4.78 is 10.7. The lowest BCUT2D eigenvalue weighted by Gasteiger charge is -2.07. The summed E-state index contributed by atoms with van der Waals surface area (Å²) in [5.41, 5.74) is 5.96. The molecular formula is C16H11NO4S. The van der Waals surface area contributed by atoms with Crippen LogP contribution in [0.15, 0.2) is 51.7 Å². The molecule has 1 heterocycles. The molecule has 0 aliphatic rings. The molecule has 0 aliphatic heterocycles. The van der Waals surface area contributed by atoms with Crippen molar-refractivity contribution >= 4 is 45.1 Å². The van der Waals surface area contributed by atoms with E-state index in [9.17, 15) is 9.59 Å². The summed E-state index contributed by atoms with van der Waals surface area (Å²) in [6, 6.07) is 11.6. The van der Waals surface area contributed by atoms with E-state index in [1.807, 2.05) is 0 Å². The van der Waals surface area contributed by atoms with E-state index in [4.69, 9.17) is 14.9 Å². The van der Waals surface area contributed by atoms with Crippen LogP contribution in [0.3, 0.4) is 0 Å². The van der Waals surface area contributed by atoms with Crippen LogP contribution < -0.4 is 11.2 Å². The molecule has 0 atom stereocenters. The quantitative estimate of drug-likeness (QED) is 0.454. The van der Waals surface area contributed by atoms with Crippen LogP contribution in [0.25, 0.3) is 21.9 Å². The summed E-state index contributed by atoms with van der Waals surface area (Å²) >= 11 is 4.67. The molecule has 0 amide bonds. The third kappa shape index (κ3) is 2.44. The zero-order valence-electron chi connectivity index (χ0n) is 11.4. The molecule has 3 aromatic rings. The minimum Gasteiger partial charge on any atom is -0.456 e. The fourth-order valence-electron chi connectivity index (χ4n) is 2.23. The van der Waals surface area contributed by atoms with Crippen molar-refractivity contribution in [1.29, 1.82) is 0 Å². The number of rotatable bonds is 3. The highest BCUT2D eigenvalue weighted by Gasteiger charge is 2.17. The Bertz CT molecular complexity index is 961. The Morgan fingerprint density at radius 2 is 1.86 bits per heavy atom. The number of benzene rings is 2. The molecule has 0 aliphatic carbocycles. The first-order valence-electron chi connectivity index (χ1n) is 6.48. The van der Waals surface area contributed by atoms with Gasteiger partial charge in [-0.2, -0.15) is 0 Å². The van der Waals surface area contributed by atoms with Crippen molar-refractivity contribution < 1.29 is 13.9 Å². The molecule has 1 aromatic heterocycles. The van der Waals surface area contributed by atoms with Gasteiger partial charge in [0.05, 0.1) is 16.3 Å². The maximum absolute atomic E-state index is 12.6. The van der Waals surface area contributed by atoms with Gasteiger partial charge in [-0.25, -0.2) is 4.79 Å². The summed E-state index contributed by atoms with van der Waals surface area (Å²) in [6.45, 7) is -0.177. The third-order valence-electron chi connectivity index (χ3n) is 3.17. The number of hydrogen-bond donors (Lipinski definition) is 1. The van der Waals surface area contributed by atoms with E-state index in [1.54, 1.807) is 36.4 Å². The number of carbonyl (C=O) groups excluding carboxylic acids is 1. The summed E-state index contributed by atoms with van der Waals surface area (Å²) in [7, 11) is 0. The van der Waals surface area contributed by atoms with Crippen molar-refractivity contribution in [1.82, 2.24) is 0 Å². The predicted molar refractivity (Wildman–Crippen MR) is 87.1 cm³/mol. The first-order chi connectivity index (χ1) is 10.6. The fraction of sp³-hybridized carbons (Fsp3) is 0.0625. The molecule has 0 saturated carbocycles. The smallest absolute Gasteiger partial charge is 0.339 e. The maximum atomic E-state index is 12.6. The van der Waals surface area contributed by atoms with Crippen LogP contribution in [-0.4, -0.2) is 17.6 Å². The largest absolute Gasteiger partial charge is 0.456 e. The standard InChI is InChI=1S/C16H11NO4S/c17-13(22)8-20-16(19)10-5-3-7-12-14(10)15(18)9-4-1-2-6-11(9)21-12/h1-7H,8H2,(H2,17,22). The van der Waals surface area contributed by atoms with E-state index in [2.05, 4.69) is 12.2 Å². The molecule has 3 rings (SSSR count). The van der Waals surface area contributed by atoms with Gasteiger partial charge in [-0.05, 0) is 24.3 Å². The number of fused-ring (bicyclic) bond motifs is 2. The fourth-order valence-corrected chi connectivity index (χ4v) is 2.29. The van der Waals surface area contributed by atoms with Crippen LogP contribution in [-0.2, 0) is 4.74 Å². The molecule has 22 heavy (non-hydrogen) atoms. The van der Waals surface area contributed by atoms with E-state index in [-0.39, 0.29) is 28.0 Å². The topological polar surface area (TPSA) is 82.5 Å². The van der Waals surface area contributed by atoms with E-state index in [0.29, 0.717) is 16.6 Å². The van der Waals surface area contributed by atoms with Gasteiger partial charge in [0, 0.05) is 0 Å². The summed E-state index contributed by atoms with van der Waals surface area (Å²) in [5.74, 6) is -0.666. The van der Waals surface area contributed by atoms with E-state index in [1.165, 1.54) is 6.07 Å². The van der Waals surface area contributed by atoms with Crippen molar-refractivity contribution in [3.8, 4) is 0 Å². The number of esters is 1. The maximum Gasteiger partial charge on any atom is 0.339 e. The average Bonchev–Trinajstić information content (AvgIpc) is 2.52. The van der Waals surface area contributed by atoms with Crippen molar-refractivity contribution in [3.63, 3.8) is 0 Å². The lowest BCUT2D eigenvalue weighted by atomic mass is 10.1. The molecule has 2 aromatic carbocycles. The van der Waals surface area contributed by atoms with Crippen LogP contribution in [0, 0.1) is 0 Å². The van der Waals surface area contributed by atoms with Crippen molar-refractivity contribution in [2.45, 2.75) is 0 Å². The number of nitrogens with two attached hydrogens (primary N) is 1. The molecule has 0 radical (unpaired) electrons. The molecule has 0 unspecified atom stereocenters. The van der Waals surface area contributed by atoms with Gasteiger partial charge < -0.3 is 14.9 Å². The van der Waals surface area contributed by atoms with Gasteiger partial charge in [-0.3, -0.25) is 4.79 Å². The van der Waals surface area contributed by atoms with Crippen LogP contribution in [0.4, 0.5) is 0 Å². The SMILES string of the molecule is NC(=S)COC(=O)c1cccc2oc3ccccc3c(=O)c12. The molecule has 0 fully saturated rings. The van der Waals surface area contributed by atoms with E-state index >= 15 is 0 Å². The van der Waals surface area contributed by atoms with Gasteiger partial charge in [0.25, 0.3) is 0 Å². The van der Waals surface area contributed by atoms with Gasteiger partial charge in [-0.1, -0.05) is 30.4 Å². The highest BCUT2D eigenvalue weighted by Crippen LogP contribution is 2.21. The van der Waals surface area contributed by atoms with Crippen LogP contribution in [0.2, 0.25) is 0 Å². The minimum atomic E-state index is -0.666. The van der Waals surface area contributed by atoms with E-state index < -0.39 is 5.97 Å². The Labute approximate surface area is 130 Å².